The summed E-state index contributed by atoms with van der Waals surface area (Å²) in [6.45, 7) is 2.06. The van der Waals surface area contributed by atoms with E-state index in [0.29, 0.717) is 5.75 Å². The number of thioether (sulfide) groups is 1. The zero-order chi connectivity index (χ0) is 13.9. The highest BCUT2D eigenvalue weighted by Crippen LogP contribution is 2.33. The van der Waals surface area contributed by atoms with Gasteiger partial charge >= 0.3 is 0 Å². The van der Waals surface area contributed by atoms with E-state index < -0.39 is 0 Å². The van der Waals surface area contributed by atoms with Crippen LogP contribution in [-0.2, 0) is 6.42 Å². The lowest BCUT2D eigenvalue weighted by molar-refractivity contribution is 0.481. The van der Waals surface area contributed by atoms with Gasteiger partial charge in [-0.15, -0.1) is 23.1 Å². The highest BCUT2D eigenvalue weighted by atomic mass is 32.2. The maximum Gasteiger partial charge on any atom is 0.123 e. The smallest absolute Gasteiger partial charge is 0.123 e. The Bertz CT molecular complexity index is 736. The van der Waals surface area contributed by atoms with Gasteiger partial charge in [-0.05, 0) is 30.9 Å². The number of phenolic OH excluding ortho intramolecular Hbond substituents is 1. The molecule has 0 spiro atoms. The SMILES string of the molecule is Cc1ncsc1CCSc1ccc(O)c2ccccc12. The van der Waals surface area contributed by atoms with Crippen molar-refractivity contribution in [2.45, 2.75) is 18.2 Å². The molecule has 0 atom stereocenters. The number of fused-ring (bicyclic) bond motifs is 1. The zero-order valence-electron chi connectivity index (χ0n) is 11.2. The Kier molecular flexibility index (Phi) is 3.94. The molecule has 0 aliphatic heterocycles. The molecular formula is C16H15NOS2. The molecule has 3 aromatic rings. The van der Waals surface area contributed by atoms with E-state index in [1.807, 2.05) is 41.5 Å². The van der Waals surface area contributed by atoms with Gasteiger partial charge in [0.25, 0.3) is 0 Å². The third-order valence-electron chi connectivity index (χ3n) is 3.29. The molecular weight excluding hydrogens is 286 g/mol. The Balaban J connectivity index is 1.78. The van der Waals surface area contributed by atoms with Gasteiger partial charge in [0.05, 0.1) is 11.2 Å². The summed E-state index contributed by atoms with van der Waals surface area (Å²) in [7, 11) is 0. The second-order valence-electron chi connectivity index (χ2n) is 4.59. The Morgan fingerprint density at radius 1 is 1.15 bits per heavy atom. The van der Waals surface area contributed by atoms with Crippen molar-refractivity contribution in [1.29, 1.82) is 0 Å². The highest BCUT2D eigenvalue weighted by molar-refractivity contribution is 7.99. The van der Waals surface area contributed by atoms with Crippen LogP contribution in [0.4, 0.5) is 0 Å². The molecule has 3 rings (SSSR count). The molecule has 1 N–H and O–H groups in total. The number of aromatic nitrogens is 1. The summed E-state index contributed by atoms with van der Waals surface area (Å²) in [5.41, 5.74) is 3.05. The zero-order valence-corrected chi connectivity index (χ0v) is 12.8. The molecule has 0 radical (unpaired) electrons. The third kappa shape index (κ3) is 2.67. The van der Waals surface area contributed by atoms with Crippen molar-refractivity contribution in [3.05, 3.63) is 52.5 Å². The summed E-state index contributed by atoms with van der Waals surface area (Å²) >= 11 is 3.56. The molecule has 0 aliphatic carbocycles. The summed E-state index contributed by atoms with van der Waals surface area (Å²) in [5, 5.41) is 11.9. The average molecular weight is 301 g/mol. The Hall–Kier alpha value is -1.52. The van der Waals surface area contributed by atoms with E-state index in [2.05, 4.69) is 18.0 Å². The standard InChI is InChI=1S/C16H15NOS2/c1-11-15(20-10-17-11)8-9-19-16-7-6-14(18)12-4-2-3-5-13(12)16/h2-7,10,18H,8-9H2,1H3. The number of hydrogen-bond acceptors (Lipinski definition) is 4. The summed E-state index contributed by atoms with van der Waals surface area (Å²) < 4.78 is 0. The average Bonchev–Trinajstić information content (AvgIpc) is 2.87. The largest absolute Gasteiger partial charge is 0.507 e. The summed E-state index contributed by atoms with van der Waals surface area (Å²) in [6, 6.07) is 11.8. The minimum absolute atomic E-state index is 0.350. The van der Waals surface area contributed by atoms with Crippen LogP contribution in [0, 0.1) is 6.92 Å². The molecule has 0 bridgehead atoms. The number of thiazole rings is 1. The quantitative estimate of drug-likeness (QED) is 0.712. The van der Waals surface area contributed by atoms with E-state index in [1.54, 1.807) is 17.4 Å². The van der Waals surface area contributed by atoms with Crippen molar-refractivity contribution in [3.63, 3.8) is 0 Å². The lowest BCUT2D eigenvalue weighted by atomic mass is 10.1. The Morgan fingerprint density at radius 3 is 2.70 bits per heavy atom. The predicted octanol–water partition coefficient (Wildman–Crippen LogP) is 4.65. The van der Waals surface area contributed by atoms with E-state index in [0.717, 1.165) is 28.6 Å². The van der Waals surface area contributed by atoms with Crippen molar-refractivity contribution < 1.29 is 5.11 Å². The van der Waals surface area contributed by atoms with Crippen molar-refractivity contribution in [1.82, 2.24) is 4.98 Å². The van der Waals surface area contributed by atoms with Gasteiger partial charge in [0, 0.05) is 20.9 Å². The predicted molar refractivity (Wildman–Crippen MR) is 86.9 cm³/mol. The number of rotatable bonds is 4. The topological polar surface area (TPSA) is 33.1 Å². The first-order valence-corrected chi connectivity index (χ1v) is 8.34. The van der Waals surface area contributed by atoms with Gasteiger partial charge < -0.3 is 5.11 Å². The van der Waals surface area contributed by atoms with Gasteiger partial charge in [0.15, 0.2) is 0 Å². The fraction of sp³-hybridized carbons (Fsp3) is 0.188. The van der Waals surface area contributed by atoms with Crippen LogP contribution in [0.2, 0.25) is 0 Å². The number of phenols is 1. The minimum Gasteiger partial charge on any atom is -0.507 e. The molecule has 0 unspecified atom stereocenters. The number of benzene rings is 2. The van der Waals surface area contributed by atoms with Gasteiger partial charge in [0.1, 0.15) is 5.75 Å². The first-order valence-electron chi connectivity index (χ1n) is 6.48. The monoisotopic (exact) mass is 301 g/mol. The van der Waals surface area contributed by atoms with Crippen LogP contribution in [0.15, 0.2) is 46.8 Å². The van der Waals surface area contributed by atoms with E-state index >= 15 is 0 Å². The summed E-state index contributed by atoms with van der Waals surface area (Å²) in [4.78, 5) is 6.86. The van der Waals surface area contributed by atoms with Crippen molar-refractivity contribution >= 4 is 33.9 Å². The molecule has 1 aromatic heterocycles. The van der Waals surface area contributed by atoms with Crippen LogP contribution in [0.25, 0.3) is 10.8 Å². The van der Waals surface area contributed by atoms with Crippen molar-refractivity contribution in [3.8, 4) is 5.75 Å². The van der Waals surface area contributed by atoms with Gasteiger partial charge in [-0.25, -0.2) is 4.98 Å². The van der Waals surface area contributed by atoms with Crippen LogP contribution in [0.5, 0.6) is 5.75 Å². The molecule has 0 saturated heterocycles. The number of nitrogens with zero attached hydrogens (tertiary/aromatic N) is 1. The molecule has 0 aliphatic rings. The molecule has 1 heterocycles. The minimum atomic E-state index is 0.350. The third-order valence-corrected chi connectivity index (χ3v) is 5.36. The molecule has 0 saturated carbocycles. The fourth-order valence-electron chi connectivity index (χ4n) is 2.20. The molecule has 102 valence electrons. The molecule has 4 heteroatoms. The fourth-order valence-corrected chi connectivity index (χ4v) is 4.14. The second-order valence-corrected chi connectivity index (χ2v) is 6.66. The van der Waals surface area contributed by atoms with E-state index in [-0.39, 0.29) is 0 Å². The van der Waals surface area contributed by atoms with E-state index in [4.69, 9.17) is 0 Å². The molecule has 0 fully saturated rings. The molecule has 2 aromatic carbocycles. The van der Waals surface area contributed by atoms with Gasteiger partial charge in [0.2, 0.25) is 0 Å². The number of hydrogen-bond donors (Lipinski definition) is 1. The number of aryl methyl sites for hydroxylation is 2. The highest BCUT2D eigenvalue weighted by Gasteiger charge is 2.06. The maximum atomic E-state index is 9.89. The van der Waals surface area contributed by atoms with Crippen LogP contribution >= 0.6 is 23.1 Å². The maximum absolute atomic E-state index is 9.89. The Morgan fingerprint density at radius 2 is 1.95 bits per heavy atom. The second kappa shape index (κ2) is 5.85. The first kappa shape index (κ1) is 13.5. The van der Waals surface area contributed by atoms with Gasteiger partial charge in [-0.3, -0.25) is 0 Å². The van der Waals surface area contributed by atoms with Crippen LogP contribution in [0.3, 0.4) is 0 Å². The van der Waals surface area contributed by atoms with Crippen molar-refractivity contribution in [2.24, 2.45) is 0 Å². The summed E-state index contributed by atoms with van der Waals surface area (Å²) in [5.74, 6) is 1.38. The first-order chi connectivity index (χ1) is 9.75. The van der Waals surface area contributed by atoms with E-state index in [9.17, 15) is 5.11 Å². The molecule has 2 nitrogen and oxygen atoms in total. The van der Waals surface area contributed by atoms with Crippen LogP contribution in [-0.4, -0.2) is 15.8 Å². The molecule has 20 heavy (non-hydrogen) atoms. The lowest BCUT2D eigenvalue weighted by Gasteiger charge is -2.07. The lowest BCUT2D eigenvalue weighted by Crippen LogP contribution is -1.88. The summed E-state index contributed by atoms with van der Waals surface area (Å²) in [6.07, 6.45) is 1.04. The molecule has 0 amide bonds. The normalized spacial score (nSPS) is 11.1. The van der Waals surface area contributed by atoms with Gasteiger partial charge in [-0.1, -0.05) is 24.3 Å². The van der Waals surface area contributed by atoms with Crippen molar-refractivity contribution in [2.75, 3.05) is 5.75 Å². The Labute approximate surface area is 126 Å². The van der Waals surface area contributed by atoms with Crippen LogP contribution in [0.1, 0.15) is 10.6 Å². The number of aromatic hydroxyl groups is 1. The van der Waals surface area contributed by atoms with Crippen LogP contribution < -0.4 is 0 Å². The van der Waals surface area contributed by atoms with E-state index in [1.165, 1.54) is 9.77 Å². The van der Waals surface area contributed by atoms with Gasteiger partial charge in [-0.2, -0.15) is 0 Å².